The Bertz CT molecular complexity index is 1150. The van der Waals surface area contributed by atoms with E-state index in [1.165, 1.54) is 18.2 Å². The minimum Gasteiger partial charge on any atom is -0.324 e. The molecule has 0 bridgehead atoms. The topological polar surface area (TPSA) is 88.9 Å². The van der Waals surface area contributed by atoms with Crippen LogP contribution in [0.15, 0.2) is 60.3 Å². The van der Waals surface area contributed by atoms with Gasteiger partial charge in [-0.1, -0.05) is 59.2 Å². The van der Waals surface area contributed by atoms with E-state index >= 15 is 0 Å². The standard InChI is InChI=1S/C21H18Cl2FN5O2S/c1-2-10-29-17(11-18(30)26-16-9-5-6-13(22)20(16)23)27-28-21(29)32-12-19(31)25-15-8-4-3-7-14(15)24/h2-9H,1,10-12H2,(H,25,31)(H,26,30). The van der Waals surface area contributed by atoms with Crippen molar-refractivity contribution >= 4 is 58.2 Å². The highest BCUT2D eigenvalue weighted by Crippen LogP contribution is 2.29. The van der Waals surface area contributed by atoms with Crippen molar-refractivity contribution in [2.45, 2.75) is 18.1 Å². The molecular formula is C21H18Cl2FN5O2S. The van der Waals surface area contributed by atoms with Crippen LogP contribution in [0.4, 0.5) is 15.8 Å². The molecule has 3 rings (SSSR count). The highest BCUT2D eigenvalue weighted by molar-refractivity contribution is 7.99. The van der Waals surface area contributed by atoms with Gasteiger partial charge in [0.25, 0.3) is 0 Å². The zero-order valence-electron chi connectivity index (χ0n) is 16.6. The number of carbonyl (C=O) groups excluding carboxylic acids is 2. The number of amides is 2. The number of thioether (sulfide) groups is 1. The monoisotopic (exact) mass is 493 g/mol. The van der Waals surface area contributed by atoms with Gasteiger partial charge in [0.1, 0.15) is 11.6 Å². The Morgan fingerprint density at radius 3 is 2.53 bits per heavy atom. The van der Waals surface area contributed by atoms with Gasteiger partial charge < -0.3 is 15.2 Å². The molecule has 11 heteroatoms. The Hall–Kier alpha value is -2.88. The van der Waals surface area contributed by atoms with Crippen LogP contribution in [0.25, 0.3) is 0 Å². The molecule has 7 nitrogen and oxygen atoms in total. The van der Waals surface area contributed by atoms with E-state index in [-0.39, 0.29) is 28.8 Å². The second kappa shape index (κ2) is 11.1. The summed E-state index contributed by atoms with van der Waals surface area (Å²) in [6.45, 7) is 4.05. The van der Waals surface area contributed by atoms with Crippen molar-refractivity contribution in [2.24, 2.45) is 0 Å². The zero-order valence-corrected chi connectivity index (χ0v) is 19.0. The fourth-order valence-corrected chi connectivity index (χ4v) is 3.80. The molecule has 0 aliphatic heterocycles. The summed E-state index contributed by atoms with van der Waals surface area (Å²) in [7, 11) is 0. The number of carbonyl (C=O) groups is 2. The Balaban J connectivity index is 1.65. The molecule has 0 aliphatic rings. The number of anilines is 2. The molecular weight excluding hydrogens is 476 g/mol. The number of para-hydroxylation sites is 1. The van der Waals surface area contributed by atoms with Crippen LogP contribution < -0.4 is 10.6 Å². The van der Waals surface area contributed by atoms with E-state index in [1.807, 2.05) is 0 Å². The molecule has 1 heterocycles. The lowest BCUT2D eigenvalue weighted by Gasteiger charge is -2.10. The molecule has 0 saturated heterocycles. The maximum absolute atomic E-state index is 13.7. The van der Waals surface area contributed by atoms with Crippen LogP contribution in [0.3, 0.4) is 0 Å². The van der Waals surface area contributed by atoms with Crippen molar-refractivity contribution in [1.82, 2.24) is 14.8 Å². The molecule has 1 aromatic heterocycles. The van der Waals surface area contributed by atoms with Gasteiger partial charge in [-0.3, -0.25) is 9.59 Å². The average molecular weight is 494 g/mol. The normalized spacial score (nSPS) is 10.6. The predicted octanol–water partition coefficient (Wildman–Crippen LogP) is 4.82. The first-order chi connectivity index (χ1) is 15.4. The third-order valence-corrected chi connectivity index (χ3v) is 5.92. The number of aromatic nitrogens is 3. The second-order valence-corrected chi connectivity index (χ2v) is 8.17. The smallest absolute Gasteiger partial charge is 0.234 e. The van der Waals surface area contributed by atoms with Crippen LogP contribution in [-0.4, -0.2) is 32.3 Å². The summed E-state index contributed by atoms with van der Waals surface area (Å²) in [6.07, 6.45) is 1.55. The number of nitrogens with one attached hydrogen (secondary N) is 2. The Kier molecular flexibility index (Phi) is 8.26. The maximum Gasteiger partial charge on any atom is 0.234 e. The second-order valence-electron chi connectivity index (χ2n) is 6.44. The summed E-state index contributed by atoms with van der Waals surface area (Å²) < 4.78 is 15.4. The van der Waals surface area contributed by atoms with Gasteiger partial charge in [-0.25, -0.2) is 4.39 Å². The van der Waals surface area contributed by atoms with E-state index < -0.39 is 11.7 Å². The average Bonchev–Trinajstić information content (AvgIpc) is 3.13. The van der Waals surface area contributed by atoms with Gasteiger partial charge in [-0.05, 0) is 24.3 Å². The zero-order chi connectivity index (χ0) is 23.1. The first-order valence-corrected chi connectivity index (χ1v) is 11.1. The van der Waals surface area contributed by atoms with Gasteiger partial charge in [0.2, 0.25) is 11.8 Å². The SMILES string of the molecule is C=CCn1c(CC(=O)Nc2cccc(Cl)c2Cl)nnc1SCC(=O)Nc1ccccc1F. The van der Waals surface area contributed by atoms with Crippen LogP contribution in [-0.2, 0) is 22.6 Å². The van der Waals surface area contributed by atoms with E-state index in [1.54, 1.807) is 34.9 Å². The quantitative estimate of drug-likeness (QED) is 0.329. The molecule has 3 aromatic rings. The van der Waals surface area contributed by atoms with Gasteiger partial charge in [-0.2, -0.15) is 0 Å². The largest absolute Gasteiger partial charge is 0.324 e. The van der Waals surface area contributed by atoms with Crippen molar-refractivity contribution in [3.8, 4) is 0 Å². The van der Waals surface area contributed by atoms with Crippen LogP contribution in [0.2, 0.25) is 10.0 Å². The minimum atomic E-state index is -0.520. The number of halogens is 3. The molecule has 0 aliphatic carbocycles. The summed E-state index contributed by atoms with van der Waals surface area (Å²) >= 11 is 13.2. The van der Waals surface area contributed by atoms with Crippen molar-refractivity contribution in [3.63, 3.8) is 0 Å². The van der Waals surface area contributed by atoms with Gasteiger partial charge in [-0.15, -0.1) is 16.8 Å². The lowest BCUT2D eigenvalue weighted by atomic mass is 10.3. The van der Waals surface area contributed by atoms with Gasteiger partial charge in [0.05, 0.1) is 33.6 Å². The third kappa shape index (κ3) is 6.09. The van der Waals surface area contributed by atoms with Crippen molar-refractivity contribution in [1.29, 1.82) is 0 Å². The maximum atomic E-state index is 13.7. The number of hydrogen-bond donors (Lipinski definition) is 2. The Labute approximate surface area is 198 Å². The Morgan fingerprint density at radius 1 is 1.06 bits per heavy atom. The van der Waals surface area contributed by atoms with E-state index in [4.69, 9.17) is 23.2 Å². The molecule has 0 saturated carbocycles. The van der Waals surface area contributed by atoms with Crippen LogP contribution in [0, 0.1) is 5.82 Å². The molecule has 2 amide bonds. The number of nitrogens with zero attached hydrogens (tertiary/aromatic N) is 3. The molecule has 0 unspecified atom stereocenters. The fourth-order valence-electron chi connectivity index (χ4n) is 2.69. The summed E-state index contributed by atoms with van der Waals surface area (Å²) in [6, 6.07) is 10.8. The molecule has 2 N–H and O–H groups in total. The predicted molar refractivity (Wildman–Crippen MR) is 125 cm³/mol. The van der Waals surface area contributed by atoms with E-state index in [0.29, 0.717) is 28.2 Å². The van der Waals surface area contributed by atoms with Crippen molar-refractivity contribution < 1.29 is 14.0 Å². The lowest BCUT2D eigenvalue weighted by Crippen LogP contribution is -2.18. The first-order valence-electron chi connectivity index (χ1n) is 9.33. The summed E-state index contributed by atoms with van der Waals surface area (Å²) in [4.78, 5) is 24.7. The van der Waals surface area contributed by atoms with Crippen LogP contribution >= 0.6 is 35.0 Å². The lowest BCUT2D eigenvalue weighted by molar-refractivity contribution is -0.116. The van der Waals surface area contributed by atoms with Gasteiger partial charge in [0, 0.05) is 6.54 Å². The molecule has 0 atom stereocenters. The number of benzene rings is 2. The highest BCUT2D eigenvalue weighted by atomic mass is 35.5. The van der Waals surface area contributed by atoms with Crippen molar-refractivity contribution in [3.05, 3.63) is 76.8 Å². The molecule has 0 spiro atoms. The minimum absolute atomic E-state index is 0.0199. The van der Waals surface area contributed by atoms with Crippen LogP contribution in [0.1, 0.15) is 5.82 Å². The molecule has 166 valence electrons. The molecule has 0 fully saturated rings. The van der Waals surface area contributed by atoms with Crippen LogP contribution in [0.5, 0.6) is 0 Å². The van der Waals surface area contributed by atoms with Gasteiger partial charge in [0.15, 0.2) is 5.16 Å². The third-order valence-electron chi connectivity index (χ3n) is 4.13. The highest BCUT2D eigenvalue weighted by Gasteiger charge is 2.17. The summed E-state index contributed by atoms with van der Waals surface area (Å²) in [5.41, 5.74) is 0.487. The first kappa shape index (κ1) is 23.8. The molecule has 0 radical (unpaired) electrons. The van der Waals surface area contributed by atoms with E-state index in [0.717, 1.165) is 11.8 Å². The number of rotatable bonds is 9. The van der Waals surface area contributed by atoms with Gasteiger partial charge >= 0.3 is 0 Å². The van der Waals surface area contributed by atoms with E-state index in [2.05, 4.69) is 27.4 Å². The summed E-state index contributed by atoms with van der Waals surface area (Å²) in [5, 5.41) is 14.3. The molecule has 32 heavy (non-hydrogen) atoms. The number of allylic oxidation sites excluding steroid dienone is 1. The summed E-state index contributed by atoms with van der Waals surface area (Å²) in [5.74, 6) is -0.913. The van der Waals surface area contributed by atoms with E-state index in [9.17, 15) is 14.0 Å². The van der Waals surface area contributed by atoms with Crippen molar-refractivity contribution in [2.75, 3.05) is 16.4 Å². The number of hydrogen-bond acceptors (Lipinski definition) is 5. The molecule has 2 aromatic carbocycles. The fraction of sp³-hybridized carbons (Fsp3) is 0.143. The Morgan fingerprint density at radius 2 is 1.78 bits per heavy atom.